The number of carboxylic acids is 1. The molecule has 0 bridgehead atoms. The second kappa shape index (κ2) is 6.92. The van der Waals surface area contributed by atoms with Crippen molar-refractivity contribution in [1.29, 1.82) is 0 Å². The van der Waals surface area contributed by atoms with E-state index >= 15 is 0 Å². The van der Waals surface area contributed by atoms with Gasteiger partial charge in [-0.05, 0) is 25.7 Å². The van der Waals surface area contributed by atoms with E-state index in [4.69, 9.17) is 4.74 Å². The van der Waals surface area contributed by atoms with Crippen LogP contribution in [0.1, 0.15) is 39.5 Å². The second-order valence-electron chi connectivity index (χ2n) is 5.93. The summed E-state index contributed by atoms with van der Waals surface area (Å²) in [5.41, 5.74) is -1.13. The Hall–Kier alpha value is -1.30. The van der Waals surface area contributed by atoms with Gasteiger partial charge in [-0.3, -0.25) is 0 Å². The topological polar surface area (TPSA) is 78.9 Å². The molecule has 0 radical (unpaired) electrons. The number of ether oxygens (including phenoxy) is 1. The van der Waals surface area contributed by atoms with Gasteiger partial charge in [0.15, 0.2) is 0 Å². The molecule has 0 aromatic heterocycles. The summed E-state index contributed by atoms with van der Waals surface area (Å²) < 4.78 is 5.02. The number of hydrogen-bond acceptors (Lipinski definition) is 3. The number of amides is 2. The normalized spacial score (nSPS) is 27.7. The Kier molecular flexibility index (Phi) is 5.80. The Morgan fingerprint density at radius 3 is 2.70 bits per heavy atom. The summed E-state index contributed by atoms with van der Waals surface area (Å²) in [7, 11) is 3.23. The van der Waals surface area contributed by atoms with E-state index in [-0.39, 0.29) is 12.1 Å². The van der Waals surface area contributed by atoms with Gasteiger partial charge in [-0.1, -0.05) is 19.8 Å². The van der Waals surface area contributed by atoms with Crippen LogP contribution in [0.5, 0.6) is 0 Å². The standard InChI is InChI=1S/C14H26N2O4/c1-10-6-5-7-14(8-10,12(17)18)15-13(19)16(3)11(2)9-20-4/h10-11H,5-9H2,1-4H3,(H,15,19)(H,17,18). The van der Waals surface area contributed by atoms with E-state index in [0.717, 1.165) is 12.8 Å². The fraction of sp³-hybridized carbons (Fsp3) is 0.857. The molecule has 0 aromatic carbocycles. The maximum absolute atomic E-state index is 12.2. The van der Waals surface area contributed by atoms with Gasteiger partial charge in [0.25, 0.3) is 0 Å². The number of likely N-dealkylation sites (N-methyl/N-ethyl adjacent to an activating group) is 1. The number of aliphatic carboxylic acids is 1. The number of hydrogen-bond donors (Lipinski definition) is 2. The van der Waals surface area contributed by atoms with Crippen LogP contribution >= 0.6 is 0 Å². The van der Waals surface area contributed by atoms with E-state index in [1.165, 1.54) is 4.90 Å². The number of urea groups is 1. The zero-order chi connectivity index (χ0) is 15.3. The number of carbonyl (C=O) groups is 2. The molecule has 0 heterocycles. The van der Waals surface area contributed by atoms with Crippen LogP contribution in [0.4, 0.5) is 4.79 Å². The third-order valence-corrected chi connectivity index (χ3v) is 4.14. The van der Waals surface area contributed by atoms with Crippen LogP contribution in [-0.4, -0.2) is 54.4 Å². The van der Waals surface area contributed by atoms with Crippen LogP contribution in [0.15, 0.2) is 0 Å². The Balaban J connectivity index is 2.75. The summed E-state index contributed by atoms with van der Waals surface area (Å²) >= 11 is 0. The number of nitrogens with zero attached hydrogens (tertiary/aromatic N) is 1. The summed E-state index contributed by atoms with van der Waals surface area (Å²) in [6.45, 7) is 4.31. The van der Waals surface area contributed by atoms with Crippen molar-refractivity contribution in [2.24, 2.45) is 5.92 Å². The van der Waals surface area contributed by atoms with Gasteiger partial charge in [0.05, 0.1) is 12.6 Å². The van der Waals surface area contributed by atoms with Crippen LogP contribution in [0.3, 0.4) is 0 Å². The number of nitrogens with one attached hydrogen (secondary N) is 1. The van der Waals surface area contributed by atoms with Crippen molar-refractivity contribution in [3.05, 3.63) is 0 Å². The molecule has 1 saturated carbocycles. The average molecular weight is 286 g/mol. The maximum Gasteiger partial charge on any atom is 0.329 e. The number of carboxylic acid groups (broad SMARTS) is 1. The molecule has 0 aromatic rings. The SMILES string of the molecule is COCC(C)N(C)C(=O)NC1(C(=O)O)CCCC(C)C1. The van der Waals surface area contributed by atoms with Crippen LogP contribution in [0.2, 0.25) is 0 Å². The molecule has 3 unspecified atom stereocenters. The van der Waals surface area contributed by atoms with Crippen molar-refractivity contribution >= 4 is 12.0 Å². The lowest BCUT2D eigenvalue weighted by Crippen LogP contribution is -2.60. The summed E-state index contributed by atoms with van der Waals surface area (Å²) in [6, 6.07) is -0.460. The minimum absolute atomic E-state index is 0.105. The molecule has 6 heteroatoms. The molecular formula is C14H26N2O4. The van der Waals surface area contributed by atoms with Crippen molar-refractivity contribution in [3.63, 3.8) is 0 Å². The van der Waals surface area contributed by atoms with E-state index in [2.05, 4.69) is 5.32 Å². The molecule has 1 aliphatic carbocycles. The Labute approximate surface area is 120 Å². The minimum Gasteiger partial charge on any atom is -0.480 e. The fourth-order valence-corrected chi connectivity index (χ4v) is 2.76. The van der Waals surface area contributed by atoms with E-state index in [1.807, 2.05) is 13.8 Å². The smallest absolute Gasteiger partial charge is 0.329 e. The lowest BCUT2D eigenvalue weighted by molar-refractivity contribution is -0.146. The van der Waals surface area contributed by atoms with Crippen LogP contribution in [-0.2, 0) is 9.53 Å². The van der Waals surface area contributed by atoms with Crippen molar-refractivity contribution in [2.75, 3.05) is 20.8 Å². The molecule has 0 spiro atoms. The van der Waals surface area contributed by atoms with E-state index < -0.39 is 11.5 Å². The Bertz CT molecular complexity index is 361. The average Bonchev–Trinajstić information content (AvgIpc) is 2.37. The summed E-state index contributed by atoms with van der Waals surface area (Å²) in [5.74, 6) is -0.632. The highest BCUT2D eigenvalue weighted by Gasteiger charge is 2.43. The fourth-order valence-electron chi connectivity index (χ4n) is 2.76. The summed E-state index contributed by atoms with van der Waals surface area (Å²) in [6.07, 6.45) is 2.82. The lowest BCUT2D eigenvalue weighted by atomic mass is 9.76. The molecular weight excluding hydrogens is 260 g/mol. The molecule has 3 atom stereocenters. The molecule has 20 heavy (non-hydrogen) atoms. The van der Waals surface area contributed by atoms with Gasteiger partial charge in [-0.2, -0.15) is 0 Å². The van der Waals surface area contributed by atoms with Gasteiger partial charge in [0, 0.05) is 14.2 Å². The van der Waals surface area contributed by atoms with Gasteiger partial charge >= 0.3 is 12.0 Å². The van der Waals surface area contributed by atoms with Gasteiger partial charge in [0.1, 0.15) is 5.54 Å². The summed E-state index contributed by atoms with van der Waals surface area (Å²) in [4.78, 5) is 25.4. The van der Waals surface area contributed by atoms with Crippen LogP contribution in [0.25, 0.3) is 0 Å². The predicted octanol–water partition coefficient (Wildman–Crippen LogP) is 1.70. The molecule has 1 fully saturated rings. The van der Waals surface area contributed by atoms with E-state index in [1.54, 1.807) is 14.2 Å². The largest absolute Gasteiger partial charge is 0.480 e. The zero-order valence-electron chi connectivity index (χ0n) is 12.8. The van der Waals surface area contributed by atoms with Gasteiger partial charge in [0.2, 0.25) is 0 Å². The highest BCUT2D eigenvalue weighted by Crippen LogP contribution is 2.32. The number of rotatable bonds is 5. The quantitative estimate of drug-likeness (QED) is 0.806. The molecule has 6 nitrogen and oxygen atoms in total. The first-order chi connectivity index (χ1) is 9.32. The van der Waals surface area contributed by atoms with Crippen LogP contribution in [0, 0.1) is 5.92 Å². The molecule has 0 aliphatic heterocycles. The Morgan fingerprint density at radius 1 is 1.55 bits per heavy atom. The van der Waals surface area contributed by atoms with Crippen molar-refractivity contribution in [1.82, 2.24) is 10.2 Å². The molecule has 116 valence electrons. The van der Waals surface area contributed by atoms with Crippen LogP contribution < -0.4 is 5.32 Å². The highest BCUT2D eigenvalue weighted by molar-refractivity contribution is 5.86. The molecule has 2 amide bonds. The van der Waals surface area contributed by atoms with Crippen molar-refractivity contribution in [2.45, 2.75) is 51.1 Å². The number of methoxy groups -OCH3 is 1. The monoisotopic (exact) mass is 286 g/mol. The minimum atomic E-state index is -1.13. The predicted molar refractivity (Wildman–Crippen MR) is 75.6 cm³/mol. The number of carbonyl (C=O) groups excluding carboxylic acids is 1. The molecule has 1 aliphatic rings. The lowest BCUT2D eigenvalue weighted by Gasteiger charge is -2.38. The van der Waals surface area contributed by atoms with Gasteiger partial charge in [-0.25, -0.2) is 9.59 Å². The Morgan fingerprint density at radius 2 is 2.20 bits per heavy atom. The first kappa shape index (κ1) is 16.8. The van der Waals surface area contributed by atoms with E-state index in [0.29, 0.717) is 25.4 Å². The molecule has 2 N–H and O–H groups in total. The van der Waals surface area contributed by atoms with Crippen molar-refractivity contribution < 1.29 is 19.4 Å². The molecule has 1 rings (SSSR count). The van der Waals surface area contributed by atoms with Crippen molar-refractivity contribution in [3.8, 4) is 0 Å². The van der Waals surface area contributed by atoms with Gasteiger partial charge < -0.3 is 20.1 Å². The van der Waals surface area contributed by atoms with E-state index in [9.17, 15) is 14.7 Å². The summed E-state index contributed by atoms with van der Waals surface area (Å²) in [5, 5.41) is 12.3. The van der Waals surface area contributed by atoms with Gasteiger partial charge in [-0.15, -0.1) is 0 Å². The second-order valence-corrected chi connectivity index (χ2v) is 5.93. The zero-order valence-corrected chi connectivity index (χ0v) is 12.8. The third-order valence-electron chi connectivity index (χ3n) is 4.14. The first-order valence-corrected chi connectivity index (χ1v) is 7.09. The maximum atomic E-state index is 12.2. The molecule has 0 saturated heterocycles. The third kappa shape index (κ3) is 3.85. The highest BCUT2D eigenvalue weighted by atomic mass is 16.5. The first-order valence-electron chi connectivity index (χ1n) is 7.09.